The molecule has 3 N–H and O–H groups in total. The van der Waals surface area contributed by atoms with Gasteiger partial charge in [-0.05, 0) is 79.4 Å². The minimum absolute atomic E-state index is 0.599. The van der Waals surface area contributed by atoms with Gasteiger partial charge < -0.3 is 15.9 Å². The van der Waals surface area contributed by atoms with E-state index in [0.717, 1.165) is 42.4 Å². The zero-order valence-corrected chi connectivity index (χ0v) is 19.1. The Morgan fingerprint density at radius 2 is 1.93 bits per heavy atom. The summed E-state index contributed by atoms with van der Waals surface area (Å²) in [6.07, 6.45) is 13.9. The molecule has 2 rings (SSSR count). The lowest BCUT2D eigenvalue weighted by atomic mass is 9.78. The molecule has 0 atom stereocenters. The molecule has 0 aliphatic heterocycles. The highest BCUT2D eigenvalue weighted by atomic mass is 16.5. The molecule has 162 valence electrons. The molecule has 0 aromatic heterocycles. The fraction of sp³-hybridized carbons (Fsp3) is 0.462. The molecule has 0 spiro atoms. The van der Waals surface area contributed by atoms with Crippen LogP contribution in [0, 0.1) is 19.3 Å². The van der Waals surface area contributed by atoms with Crippen molar-refractivity contribution in [3.05, 3.63) is 63.4 Å². The number of aryl methyl sites for hydroxylation is 2. The summed E-state index contributed by atoms with van der Waals surface area (Å²) in [5.41, 5.74) is 15.6. The Morgan fingerprint density at radius 3 is 2.60 bits per heavy atom. The Hall–Kier alpha value is -2.46. The fourth-order valence-electron chi connectivity index (χ4n) is 4.11. The maximum Gasteiger partial charge on any atom is 0.0658 e. The molecule has 0 unspecified atom stereocenters. The third-order valence-electron chi connectivity index (χ3n) is 5.69. The summed E-state index contributed by atoms with van der Waals surface area (Å²) in [6, 6.07) is 4.29. The second kappa shape index (κ2) is 12.3. The number of rotatable bonds is 10. The zero-order valence-electron chi connectivity index (χ0n) is 19.1. The summed E-state index contributed by atoms with van der Waals surface area (Å²) in [6.45, 7) is 7.66. The predicted octanol–water partition coefficient (Wildman–Crippen LogP) is 5.92. The van der Waals surface area contributed by atoms with E-state index in [0.29, 0.717) is 13.2 Å². The van der Waals surface area contributed by atoms with Crippen LogP contribution in [0.25, 0.3) is 5.57 Å². The molecule has 0 saturated heterocycles. The first-order chi connectivity index (χ1) is 14.6. The molecule has 0 heterocycles. The van der Waals surface area contributed by atoms with E-state index in [1.165, 1.54) is 46.9 Å². The van der Waals surface area contributed by atoms with Crippen LogP contribution < -0.4 is 5.73 Å². The van der Waals surface area contributed by atoms with Gasteiger partial charge in [0.05, 0.1) is 13.2 Å². The van der Waals surface area contributed by atoms with E-state index in [9.17, 15) is 0 Å². The molecule has 1 aromatic carbocycles. The number of allylic oxidation sites excluding steroid dienone is 5. The van der Waals surface area contributed by atoms with Crippen molar-refractivity contribution in [1.29, 1.82) is 5.41 Å². The number of nitrogens with one attached hydrogen (secondary N) is 1. The van der Waals surface area contributed by atoms with E-state index in [1.807, 2.05) is 6.21 Å². The zero-order chi connectivity index (χ0) is 21.9. The van der Waals surface area contributed by atoms with Crippen LogP contribution in [0.5, 0.6) is 0 Å². The highest BCUT2D eigenvalue weighted by Crippen LogP contribution is 2.40. The number of nitrogens with two attached hydrogens (primary N) is 1. The van der Waals surface area contributed by atoms with Crippen molar-refractivity contribution in [3.8, 4) is 0 Å². The van der Waals surface area contributed by atoms with Crippen molar-refractivity contribution in [2.24, 2.45) is 10.7 Å². The molecule has 4 heteroatoms. The van der Waals surface area contributed by atoms with Crippen molar-refractivity contribution in [1.82, 2.24) is 0 Å². The first-order valence-electron chi connectivity index (χ1n) is 11.0. The highest BCUT2D eigenvalue weighted by Gasteiger charge is 2.22. The molecule has 0 fully saturated rings. The SMILES string of the molecule is CCC/C=C(C1=C(c2c(C)ccc(C)c2C=N)CCCC1)\C(C=NCCOC)=C\N. The maximum absolute atomic E-state index is 8.05. The van der Waals surface area contributed by atoms with Gasteiger partial charge in [0, 0.05) is 36.9 Å². The Balaban J connectivity index is 2.66. The normalized spacial score (nSPS) is 15.9. The third-order valence-corrected chi connectivity index (χ3v) is 5.69. The van der Waals surface area contributed by atoms with E-state index in [2.05, 4.69) is 44.0 Å². The average Bonchev–Trinajstić information content (AvgIpc) is 2.77. The van der Waals surface area contributed by atoms with E-state index in [-0.39, 0.29) is 0 Å². The number of hydrogen-bond donors (Lipinski definition) is 2. The molecule has 1 aromatic rings. The van der Waals surface area contributed by atoms with Gasteiger partial charge in [-0.3, -0.25) is 4.99 Å². The monoisotopic (exact) mass is 407 g/mol. The van der Waals surface area contributed by atoms with Gasteiger partial charge in [0.25, 0.3) is 0 Å². The van der Waals surface area contributed by atoms with Crippen LogP contribution in [0.2, 0.25) is 0 Å². The quantitative estimate of drug-likeness (QED) is 0.287. The van der Waals surface area contributed by atoms with Crippen molar-refractivity contribution >= 4 is 18.0 Å². The summed E-state index contributed by atoms with van der Waals surface area (Å²) in [5, 5.41) is 8.05. The van der Waals surface area contributed by atoms with Gasteiger partial charge in [-0.15, -0.1) is 0 Å². The number of unbranched alkanes of at least 4 members (excludes halogenated alkanes) is 1. The van der Waals surface area contributed by atoms with Crippen LogP contribution in [0.15, 0.2) is 46.1 Å². The molecule has 0 amide bonds. The lowest BCUT2D eigenvalue weighted by Crippen LogP contribution is -2.10. The van der Waals surface area contributed by atoms with Crippen LogP contribution >= 0.6 is 0 Å². The van der Waals surface area contributed by atoms with Crippen LogP contribution in [0.4, 0.5) is 0 Å². The standard InChI is InChI=1S/C26H37N3O/c1-5-6-9-22(21(16-27)18-29-14-15-30-4)23-10-7-8-11-24(23)26-20(3)13-12-19(2)25(26)17-28/h9,12-13,16-18,28H,5-8,10-11,14-15,27H2,1-4H3/b21-16+,22-9+,28-17?,29-18?. The smallest absolute Gasteiger partial charge is 0.0658 e. The Kier molecular flexibility index (Phi) is 9.75. The molecule has 0 saturated carbocycles. The van der Waals surface area contributed by atoms with E-state index in [1.54, 1.807) is 13.3 Å². The minimum Gasteiger partial charge on any atom is -0.404 e. The number of nitrogens with zero attached hydrogens (tertiary/aromatic N) is 1. The fourth-order valence-corrected chi connectivity index (χ4v) is 4.11. The second-order valence-corrected chi connectivity index (χ2v) is 7.85. The van der Waals surface area contributed by atoms with Gasteiger partial charge in [-0.25, -0.2) is 0 Å². The highest BCUT2D eigenvalue weighted by molar-refractivity contribution is 5.94. The lowest BCUT2D eigenvalue weighted by molar-refractivity contribution is 0.208. The van der Waals surface area contributed by atoms with Gasteiger partial charge in [0.2, 0.25) is 0 Å². The molecule has 1 aliphatic carbocycles. The second-order valence-electron chi connectivity index (χ2n) is 7.85. The van der Waals surface area contributed by atoms with E-state index < -0.39 is 0 Å². The van der Waals surface area contributed by atoms with Gasteiger partial charge >= 0.3 is 0 Å². The minimum atomic E-state index is 0.599. The third kappa shape index (κ3) is 5.79. The van der Waals surface area contributed by atoms with Crippen molar-refractivity contribution in [3.63, 3.8) is 0 Å². The van der Waals surface area contributed by atoms with Gasteiger partial charge in [0.1, 0.15) is 0 Å². The molecule has 4 nitrogen and oxygen atoms in total. The first kappa shape index (κ1) is 23.8. The number of aliphatic imine (C=N–C) groups is 1. The van der Waals surface area contributed by atoms with Gasteiger partial charge in [-0.1, -0.05) is 31.6 Å². The first-order valence-corrected chi connectivity index (χ1v) is 11.0. The van der Waals surface area contributed by atoms with Crippen molar-refractivity contribution in [2.75, 3.05) is 20.3 Å². The lowest BCUT2D eigenvalue weighted by Gasteiger charge is -2.26. The number of hydrogen-bond acceptors (Lipinski definition) is 4. The molecule has 30 heavy (non-hydrogen) atoms. The summed E-state index contributed by atoms with van der Waals surface area (Å²) >= 11 is 0. The number of methoxy groups -OCH3 is 1. The summed E-state index contributed by atoms with van der Waals surface area (Å²) in [5.74, 6) is 0. The van der Waals surface area contributed by atoms with Crippen LogP contribution in [0.1, 0.15) is 67.7 Å². The maximum atomic E-state index is 8.05. The number of benzene rings is 1. The van der Waals surface area contributed by atoms with E-state index in [4.69, 9.17) is 15.9 Å². The summed E-state index contributed by atoms with van der Waals surface area (Å²) in [7, 11) is 1.69. The van der Waals surface area contributed by atoms with Gasteiger partial charge in [-0.2, -0.15) is 0 Å². The largest absolute Gasteiger partial charge is 0.404 e. The molecule has 1 aliphatic rings. The predicted molar refractivity (Wildman–Crippen MR) is 130 cm³/mol. The van der Waals surface area contributed by atoms with Gasteiger partial charge in [0.15, 0.2) is 0 Å². The van der Waals surface area contributed by atoms with Crippen LogP contribution in [-0.4, -0.2) is 32.7 Å². The van der Waals surface area contributed by atoms with Crippen molar-refractivity contribution < 1.29 is 4.74 Å². The Morgan fingerprint density at radius 1 is 1.20 bits per heavy atom. The summed E-state index contributed by atoms with van der Waals surface area (Å²) < 4.78 is 5.11. The molecule has 0 bridgehead atoms. The average molecular weight is 408 g/mol. The number of ether oxygens (including phenoxy) is 1. The van der Waals surface area contributed by atoms with Crippen LogP contribution in [-0.2, 0) is 4.74 Å². The Labute approximate surface area is 182 Å². The van der Waals surface area contributed by atoms with Crippen molar-refractivity contribution in [2.45, 2.75) is 59.3 Å². The van der Waals surface area contributed by atoms with E-state index >= 15 is 0 Å². The molecular formula is C26H37N3O. The topological polar surface area (TPSA) is 71.5 Å². The molecular weight excluding hydrogens is 370 g/mol. The summed E-state index contributed by atoms with van der Waals surface area (Å²) in [4.78, 5) is 4.52. The Bertz CT molecular complexity index is 859. The molecule has 0 radical (unpaired) electrons. The van der Waals surface area contributed by atoms with Crippen LogP contribution in [0.3, 0.4) is 0 Å².